The second kappa shape index (κ2) is 6.73. The Morgan fingerprint density at radius 2 is 2.17 bits per heavy atom. The maximum absolute atomic E-state index is 11.9. The van der Waals surface area contributed by atoms with Gasteiger partial charge in [-0.25, -0.2) is 4.79 Å². The van der Waals surface area contributed by atoms with Gasteiger partial charge in [0.1, 0.15) is 18.5 Å². The first-order valence-corrected chi connectivity index (χ1v) is 6.41. The molecule has 0 aromatic carbocycles. The van der Waals surface area contributed by atoms with Gasteiger partial charge in [0.05, 0.1) is 6.61 Å². The zero-order valence-corrected chi connectivity index (χ0v) is 11.5. The number of rotatable bonds is 4. The molecule has 1 aliphatic rings. The third kappa shape index (κ3) is 5.49. The fourth-order valence-electron chi connectivity index (χ4n) is 1.98. The normalized spacial score (nSPS) is 20.6. The van der Waals surface area contributed by atoms with Crippen molar-refractivity contribution < 1.29 is 19.1 Å². The van der Waals surface area contributed by atoms with E-state index < -0.39 is 5.60 Å². The highest BCUT2D eigenvalue weighted by Crippen LogP contribution is 2.19. The molecule has 5 heteroatoms. The molecule has 5 nitrogen and oxygen atoms in total. The van der Waals surface area contributed by atoms with Gasteiger partial charge in [0.2, 0.25) is 0 Å². The van der Waals surface area contributed by atoms with Crippen LogP contribution in [0.25, 0.3) is 0 Å². The number of amides is 1. The average Bonchev–Trinajstić information content (AvgIpc) is 2.27. The average molecular weight is 257 g/mol. The van der Waals surface area contributed by atoms with Gasteiger partial charge in [-0.3, -0.25) is 0 Å². The summed E-state index contributed by atoms with van der Waals surface area (Å²) in [5.74, 6) is 0.297. The van der Waals surface area contributed by atoms with Crippen LogP contribution in [0.2, 0.25) is 0 Å². The van der Waals surface area contributed by atoms with Crippen LogP contribution >= 0.6 is 0 Å². The lowest BCUT2D eigenvalue weighted by atomic mass is 9.99. The fourth-order valence-corrected chi connectivity index (χ4v) is 1.98. The lowest BCUT2D eigenvalue weighted by molar-refractivity contribution is -0.112. The number of hydrogen-bond acceptors (Lipinski definition) is 4. The van der Waals surface area contributed by atoms with Gasteiger partial charge in [-0.05, 0) is 33.6 Å². The molecular weight excluding hydrogens is 234 g/mol. The number of likely N-dealkylation sites (tertiary alicyclic amines) is 1. The van der Waals surface area contributed by atoms with E-state index >= 15 is 0 Å². The number of carbonyl (C=O) groups is 2. The molecule has 1 saturated heterocycles. The molecule has 0 spiro atoms. The summed E-state index contributed by atoms with van der Waals surface area (Å²) in [5.41, 5.74) is -0.460. The van der Waals surface area contributed by atoms with E-state index in [0.29, 0.717) is 19.1 Å². The highest BCUT2D eigenvalue weighted by molar-refractivity contribution is 5.68. The Balaban J connectivity index is 2.38. The molecule has 0 saturated carbocycles. The minimum Gasteiger partial charge on any atom is -0.444 e. The first-order valence-electron chi connectivity index (χ1n) is 6.41. The maximum atomic E-state index is 11.9. The van der Waals surface area contributed by atoms with Crippen LogP contribution in [0, 0.1) is 5.92 Å². The maximum Gasteiger partial charge on any atom is 0.410 e. The fraction of sp³-hybridized carbons (Fsp3) is 0.846. The molecule has 0 N–H and O–H groups in total. The molecule has 1 amide bonds. The van der Waals surface area contributed by atoms with Crippen LogP contribution in [0.15, 0.2) is 0 Å². The quantitative estimate of drug-likeness (QED) is 0.569. The Morgan fingerprint density at radius 1 is 1.44 bits per heavy atom. The molecule has 1 fully saturated rings. The first-order chi connectivity index (χ1) is 8.42. The smallest absolute Gasteiger partial charge is 0.410 e. The Labute approximate surface area is 108 Å². The molecule has 0 aromatic rings. The van der Waals surface area contributed by atoms with Gasteiger partial charge in [0.25, 0.3) is 0 Å². The van der Waals surface area contributed by atoms with Crippen molar-refractivity contribution >= 4 is 12.4 Å². The molecule has 0 aliphatic carbocycles. The zero-order chi connectivity index (χ0) is 13.6. The summed E-state index contributed by atoms with van der Waals surface area (Å²) in [7, 11) is 0. The van der Waals surface area contributed by atoms with Gasteiger partial charge in [0.15, 0.2) is 0 Å². The van der Waals surface area contributed by atoms with Crippen molar-refractivity contribution in [3.8, 4) is 0 Å². The Bertz CT molecular complexity index is 285. The van der Waals surface area contributed by atoms with E-state index in [1.165, 1.54) is 0 Å². The van der Waals surface area contributed by atoms with Crippen LogP contribution in [0.4, 0.5) is 4.79 Å². The molecule has 1 heterocycles. The van der Waals surface area contributed by atoms with Crippen molar-refractivity contribution in [1.29, 1.82) is 0 Å². The highest BCUT2D eigenvalue weighted by atomic mass is 16.6. The van der Waals surface area contributed by atoms with E-state index in [1.54, 1.807) is 4.90 Å². The van der Waals surface area contributed by atoms with Gasteiger partial charge in [-0.15, -0.1) is 0 Å². The minimum atomic E-state index is -0.460. The van der Waals surface area contributed by atoms with Gasteiger partial charge in [0, 0.05) is 19.0 Å². The van der Waals surface area contributed by atoms with Crippen LogP contribution in [0.5, 0.6) is 0 Å². The predicted molar refractivity (Wildman–Crippen MR) is 67.4 cm³/mol. The number of nitrogens with zero attached hydrogens (tertiary/aromatic N) is 1. The van der Waals surface area contributed by atoms with Crippen LogP contribution in [0.1, 0.15) is 33.6 Å². The molecule has 18 heavy (non-hydrogen) atoms. The summed E-state index contributed by atoms with van der Waals surface area (Å²) < 4.78 is 10.5. The summed E-state index contributed by atoms with van der Waals surface area (Å²) in [4.78, 5) is 23.8. The molecule has 104 valence electrons. The van der Waals surface area contributed by atoms with Crippen LogP contribution in [-0.2, 0) is 14.3 Å². The largest absolute Gasteiger partial charge is 0.444 e. The third-order valence-corrected chi connectivity index (χ3v) is 2.71. The molecule has 1 atom stereocenters. The highest BCUT2D eigenvalue weighted by Gasteiger charge is 2.27. The van der Waals surface area contributed by atoms with E-state index in [1.807, 2.05) is 20.8 Å². The number of piperidine rings is 1. The summed E-state index contributed by atoms with van der Waals surface area (Å²) in [5, 5.41) is 0. The standard InChI is InChI=1S/C13H23NO4/c1-13(2,3)18-12(16)14-6-4-5-11(9-14)10-17-8-7-15/h7,11H,4-6,8-10H2,1-3H3/t11-/m1/s1. The Kier molecular flexibility index (Phi) is 5.59. The third-order valence-electron chi connectivity index (χ3n) is 2.71. The SMILES string of the molecule is CC(C)(C)OC(=O)N1CCC[C@@H](COCC=O)C1. The van der Waals surface area contributed by atoms with E-state index in [-0.39, 0.29) is 12.7 Å². The second-order valence-electron chi connectivity index (χ2n) is 5.64. The minimum absolute atomic E-state index is 0.128. The van der Waals surface area contributed by atoms with Crippen molar-refractivity contribution in [2.24, 2.45) is 5.92 Å². The van der Waals surface area contributed by atoms with Gasteiger partial charge < -0.3 is 19.2 Å². The number of ether oxygens (including phenoxy) is 2. The van der Waals surface area contributed by atoms with E-state index in [9.17, 15) is 9.59 Å². The van der Waals surface area contributed by atoms with Crippen LogP contribution < -0.4 is 0 Å². The molecular formula is C13H23NO4. The predicted octanol–water partition coefficient (Wildman–Crippen LogP) is 1.85. The topological polar surface area (TPSA) is 55.8 Å². The number of aldehydes is 1. The Hall–Kier alpha value is -1.10. The Morgan fingerprint density at radius 3 is 2.78 bits per heavy atom. The summed E-state index contributed by atoms with van der Waals surface area (Å²) in [6.07, 6.45) is 2.46. The first kappa shape index (κ1) is 15.0. The van der Waals surface area contributed by atoms with Crippen molar-refractivity contribution in [2.45, 2.75) is 39.2 Å². The molecule has 0 aromatic heterocycles. The zero-order valence-electron chi connectivity index (χ0n) is 11.5. The van der Waals surface area contributed by atoms with E-state index in [2.05, 4.69) is 0 Å². The van der Waals surface area contributed by atoms with Gasteiger partial charge in [-0.1, -0.05) is 0 Å². The second-order valence-corrected chi connectivity index (χ2v) is 5.64. The summed E-state index contributed by atoms with van der Waals surface area (Å²) in [6, 6.07) is 0. The lowest BCUT2D eigenvalue weighted by Crippen LogP contribution is -2.43. The molecule has 1 rings (SSSR count). The van der Waals surface area contributed by atoms with Gasteiger partial charge in [-0.2, -0.15) is 0 Å². The van der Waals surface area contributed by atoms with Crippen molar-refractivity contribution in [3.63, 3.8) is 0 Å². The molecule has 0 radical (unpaired) electrons. The van der Waals surface area contributed by atoms with Crippen molar-refractivity contribution in [2.75, 3.05) is 26.3 Å². The van der Waals surface area contributed by atoms with Crippen molar-refractivity contribution in [3.05, 3.63) is 0 Å². The number of hydrogen-bond donors (Lipinski definition) is 0. The molecule has 0 unspecified atom stereocenters. The lowest BCUT2D eigenvalue weighted by Gasteiger charge is -2.33. The number of carbonyl (C=O) groups excluding carboxylic acids is 2. The summed E-state index contributed by atoms with van der Waals surface area (Å²) in [6.45, 7) is 7.62. The molecule has 1 aliphatic heterocycles. The van der Waals surface area contributed by atoms with Crippen LogP contribution in [-0.4, -0.2) is 49.2 Å². The molecule has 0 bridgehead atoms. The summed E-state index contributed by atoms with van der Waals surface area (Å²) >= 11 is 0. The van der Waals surface area contributed by atoms with Crippen LogP contribution in [0.3, 0.4) is 0 Å². The van der Waals surface area contributed by atoms with Gasteiger partial charge >= 0.3 is 6.09 Å². The van der Waals surface area contributed by atoms with E-state index in [0.717, 1.165) is 25.7 Å². The van der Waals surface area contributed by atoms with Crippen molar-refractivity contribution in [1.82, 2.24) is 4.90 Å². The van der Waals surface area contributed by atoms with E-state index in [4.69, 9.17) is 9.47 Å². The monoisotopic (exact) mass is 257 g/mol.